The second kappa shape index (κ2) is 7.04. The molecule has 0 aliphatic carbocycles. The minimum Gasteiger partial charge on any atom is -0.423 e. The summed E-state index contributed by atoms with van der Waals surface area (Å²) in [4.78, 5) is 14.3. The van der Waals surface area contributed by atoms with Gasteiger partial charge in [-0.2, -0.15) is 0 Å². The number of anilines is 2. The molecule has 2 heterocycles. The maximum atomic E-state index is 11.9. The van der Waals surface area contributed by atoms with Crippen molar-refractivity contribution in [1.29, 1.82) is 0 Å². The topological polar surface area (TPSA) is 45.5 Å². The summed E-state index contributed by atoms with van der Waals surface area (Å²) < 4.78 is 5.32. The van der Waals surface area contributed by atoms with Crippen LogP contribution in [-0.2, 0) is 6.54 Å². The number of benzene rings is 2. The Bertz CT molecular complexity index is 989. The van der Waals surface area contributed by atoms with Crippen molar-refractivity contribution in [1.82, 2.24) is 0 Å². The van der Waals surface area contributed by atoms with Gasteiger partial charge in [0.2, 0.25) is 0 Å². The zero-order chi connectivity index (χ0) is 18.1. The first kappa shape index (κ1) is 17.0. The Morgan fingerprint density at radius 1 is 1.12 bits per heavy atom. The molecule has 4 nitrogen and oxygen atoms in total. The van der Waals surface area contributed by atoms with Gasteiger partial charge in [0.25, 0.3) is 0 Å². The lowest BCUT2D eigenvalue weighted by Crippen LogP contribution is -2.17. The first-order valence-electron chi connectivity index (χ1n) is 8.92. The first-order valence-corrected chi connectivity index (χ1v) is 9.30. The molecule has 5 heteroatoms. The van der Waals surface area contributed by atoms with Crippen LogP contribution in [0.15, 0.2) is 51.7 Å². The Morgan fingerprint density at radius 3 is 2.58 bits per heavy atom. The highest BCUT2D eigenvalue weighted by atomic mass is 35.5. The molecule has 1 fully saturated rings. The highest BCUT2D eigenvalue weighted by Gasteiger charge is 2.12. The highest BCUT2D eigenvalue weighted by molar-refractivity contribution is 6.32. The van der Waals surface area contributed by atoms with Crippen LogP contribution in [0.4, 0.5) is 11.4 Å². The quantitative estimate of drug-likeness (QED) is 0.660. The fourth-order valence-corrected chi connectivity index (χ4v) is 3.62. The maximum Gasteiger partial charge on any atom is 0.336 e. The average Bonchev–Trinajstić information content (AvgIpc) is 3.16. The lowest BCUT2D eigenvalue weighted by molar-refractivity contribution is 0.559. The van der Waals surface area contributed by atoms with Gasteiger partial charge in [0.1, 0.15) is 5.58 Å². The molecular weight excluding hydrogens is 348 g/mol. The van der Waals surface area contributed by atoms with Crippen molar-refractivity contribution in [3.63, 3.8) is 0 Å². The summed E-state index contributed by atoms with van der Waals surface area (Å²) in [5.74, 6) is 0. The van der Waals surface area contributed by atoms with Gasteiger partial charge in [-0.3, -0.25) is 0 Å². The van der Waals surface area contributed by atoms with Gasteiger partial charge in [-0.25, -0.2) is 4.79 Å². The normalized spacial score (nSPS) is 14.2. The van der Waals surface area contributed by atoms with E-state index in [1.807, 2.05) is 19.1 Å². The molecule has 3 aromatic rings. The zero-order valence-electron chi connectivity index (χ0n) is 14.7. The van der Waals surface area contributed by atoms with Crippen LogP contribution in [0.25, 0.3) is 11.0 Å². The van der Waals surface area contributed by atoms with Crippen LogP contribution in [0, 0.1) is 6.92 Å². The number of nitrogens with zero attached hydrogens (tertiary/aromatic N) is 1. The maximum absolute atomic E-state index is 11.9. The molecule has 0 bridgehead atoms. The molecule has 0 spiro atoms. The van der Waals surface area contributed by atoms with Crippen molar-refractivity contribution < 1.29 is 4.42 Å². The number of fused-ring (bicyclic) bond motifs is 1. The molecule has 0 unspecified atom stereocenters. The third-order valence-corrected chi connectivity index (χ3v) is 5.34. The van der Waals surface area contributed by atoms with Crippen LogP contribution in [0.5, 0.6) is 0 Å². The summed E-state index contributed by atoms with van der Waals surface area (Å²) in [5, 5.41) is 4.92. The lowest BCUT2D eigenvalue weighted by atomic mass is 10.1. The standard InChI is InChI=1S/C21H21ClN2O2/c1-14-10-20-18(12-19(14)22)15(11-21(25)26-20)13-23-16-4-6-17(7-5-16)24-8-2-3-9-24/h4-7,10-12,23H,2-3,8-9,13H2,1H3. The van der Waals surface area contributed by atoms with Gasteiger partial charge in [0, 0.05) is 47.5 Å². The molecule has 1 saturated heterocycles. The van der Waals surface area contributed by atoms with Crippen LogP contribution in [0.1, 0.15) is 24.0 Å². The van der Waals surface area contributed by atoms with Gasteiger partial charge >= 0.3 is 5.63 Å². The Balaban J connectivity index is 1.55. The number of hydrogen-bond acceptors (Lipinski definition) is 4. The number of halogens is 1. The van der Waals surface area contributed by atoms with Gasteiger partial charge in [-0.05, 0) is 67.3 Å². The monoisotopic (exact) mass is 368 g/mol. The Kier molecular flexibility index (Phi) is 4.60. The van der Waals surface area contributed by atoms with E-state index in [9.17, 15) is 4.79 Å². The molecule has 1 aliphatic rings. The molecule has 0 amide bonds. The van der Waals surface area contributed by atoms with Gasteiger partial charge in [0.15, 0.2) is 0 Å². The van der Waals surface area contributed by atoms with Gasteiger partial charge in [0.05, 0.1) is 0 Å². The largest absolute Gasteiger partial charge is 0.423 e. The number of nitrogens with one attached hydrogen (secondary N) is 1. The molecule has 134 valence electrons. The fourth-order valence-electron chi connectivity index (χ4n) is 3.46. The lowest BCUT2D eigenvalue weighted by Gasteiger charge is -2.18. The van der Waals surface area contributed by atoms with Crippen LogP contribution >= 0.6 is 11.6 Å². The Morgan fingerprint density at radius 2 is 1.85 bits per heavy atom. The summed E-state index contributed by atoms with van der Waals surface area (Å²) in [5.41, 5.74) is 4.28. The molecule has 26 heavy (non-hydrogen) atoms. The minimum atomic E-state index is -0.347. The molecule has 1 aromatic heterocycles. The van der Waals surface area contributed by atoms with Gasteiger partial charge in [-0.15, -0.1) is 0 Å². The van der Waals surface area contributed by atoms with E-state index in [1.54, 1.807) is 0 Å². The molecule has 4 rings (SSSR count). The Labute approximate surface area is 157 Å². The van der Waals surface area contributed by atoms with E-state index in [0.717, 1.165) is 35.3 Å². The van der Waals surface area contributed by atoms with Crippen LogP contribution < -0.4 is 15.8 Å². The van der Waals surface area contributed by atoms with Crippen molar-refractivity contribution >= 4 is 33.9 Å². The summed E-state index contributed by atoms with van der Waals surface area (Å²) in [6.45, 7) is 4.70. The Hall–Kier alpha value is -2.46. The van der Waals surface area contributed by atoms with E-state index < -0.39 is 0 Å². The van der Waals surface area contributed by atoms with Crippen molar-refractivity contribution in [2.45, 2.75) is 26.3 Å². The van der Waals surface area contributed by atoms with Crippen molar-refractivity contribution in [3.05, 3.63) is 69.0 Å². The number of rotatable bonds is 4. The molecule has 1 N–H and O–H groups in total. The summed E-state index contributed by atoms with van der Waals surface area (Å²) in [6, 6.07) is 13.7. The molecular formula is C21H21ClN2O2. The van der Waals surface area contributed by atoms with Gasteiger partial charge < -0.3 is 14.6 Å². The summed E-state index contributed by atoms with van der Waals surface area (Å²) in [7, 11) is 0. The minimum absolute atomic E-state index is 0.347. The van der Waals surface area contributed by atoms with E-state index in [2.05, 4.69) is 34.5 Å². The van der Waals surface area contributed by atoms with Crippen LogP contribution in [-0.4, -0.2) is 13.1 Å². The second-order valence-electron chi connectivity index (χ2n) is 6.78. The highest BCUT2D eigenvalue weighted by Crippen LogP contribution is 2.26. The van der Waals surface area contributed by atoms with E-state index in [-0.39, 0.29) is 5.63 Å². The van der Waals surface area contributed by atoms with Gasteiger partial charge in [-0.1, -0.05) is 11.6 Å². The van der Waals surface area contributed by atoms with E-state index >= 15 is 0 Å². The predicted octanol–water partition coefficient (Wildman–Crippen LogP) is 4.97. The smallest absolute Gasteiger partial charge is 0.336 e. The molecule has 0 radical (unpaired) electrons. The second-order valence-corrected chi connectivity index (χ2v) is 7.19. The first-order chi connectivity index (χ1) is 12.6. The summed E-state index contributed by atoms with van der Waals surface area (Å²) >= 11 is 6.25. The number of hydrogen-bond donors (Lipinski definition) is 1. The van der Waals surface area contributed by atoms with E-state index in [4.69, 9.17) is 16.0 Å². The SMILES string of the molecule is Cc1cc2oc(=O)cc(CNc3ccc(N4CCCC4)cc3)c2cc1Cl. The molecule has 2 aromatic carbocycles. The fraction of sp³-hybridized carbons (Fsp3) is 0.286. The average molecular weight is 369 g/mol. The van der Waals surface area contributed by atoms with Crippen LogP contribution in [0.2, 0.25) is 5.02 Å². The predicted molar refractivity (Wildman–Crippen MR) is 107 cm³/mol. The summed E-state index contributed by atoms with van der Waals surface area (Å²) in [6.07, 6.45) is 2.54. The van der Waals surface area contributed by atoms with E-state index in [0.29, 0.717) is 17.2 Å². The third-order valence-electron chi connectivity index (χ3n) is 4.93. The van der Waals surface area contributed by atoms with Crippen molar-refractivity contribution in [2.24, 2.45) is 0 Å². The molecule has 0 saturated carbocycles. The van der Waals surface area contributed by atoms with Crippen LogP contribution in [0.3, 0.4) is 0 Å². The third kappa shape index (κ3) is 3.42. The van der Waals surface area contributed by atoms with Crippen molar-refractivity contribution in [2.75, 3.05) is 23.3 Å². The number of aryl methyl sites for hydroxylation is 1. The van der Waals surface area contributed by atoms with Crippen molar-refractivity contribution in [3.8, 4) is 0 Å². The van der Waals surface area contributed by atoms with E-state index in [1.165, 1.54) is 24.6 Å². The zero-order valence-corrected chi connectivity index (χ0v) is 15.5. The molecule has 1 aliphatic heterocycles. The molecule has 0 atom stereocenters.